The van der Waals surface area contributed by atoms with Crippen LogP contribution in [0, 0.1) is 0 Å². The normalized spacial score (nSPS) is 9.77. The van der Waals surface area contributed by atoms with E-state index in [-0.39, 0.29) is 6.03 Å². The fourth-order valence-corrected chi connectivity index (χ4v) is 0.857. The minimum absolute atomic E-state index is 0.164. The second-order valence-corrected chi connectivity index (χ2v) is 2.63. The van der Waals surface area contributed by atoms with Crippen LogP contribution >= 0.6 is 0 Å². The predicted molar refractivity (Wildman–Crippen MR) is 44.7 cm³/mol. The molecule has 0 aliphatic carbocycles. The van der Waals surface area contributed by atoms with Crippen LogP contribution in [0.4, 0.5) is 4.79 Å². The Kier molecular flexibility index (Phi) is 2.78. The molecule has 1 aromatic rings. The molecule has 2 amide bonds. The first-order valence-electron chi connectivity index (χ1n) is 3.79. The summed E-state index contributed by atoms with van der Waals surface area (Å²) in [5.74, 6) is 0.645. The van der Waals surface area contributed by atoms with Gasteiger partial charge >= 0.3 is 6.03 Å². The molecule has 0 aliphatic rings. The Morgan fingerprint density at radius 2 is 2.38 bits per heavy atom. The van der Waals surface area contributed by atoms with Crippen LogP contribution in [0.3, 0.4) is 0 Å². The Morgan fingerprint density at radius 3 is 2.85 bits per heavy atom. The van der Waals surface area contributed by atoms with E-state index in [1.54, 1.807) is 21.1 Å². The number of aromatic nitrogens is 4. The Balaban J connectivity index is 2.59. The monoisotopic (exact) mass is 184 g/mol. The van der Waals surface area contributed by atoms with E-state index in [2.05, 4.69) is 20.8 Å². The zero-order chi connectivity index (χ0) is 9.84. The zero-order valence-electron chi connectivity index (χ0n) is 7.85. The average molecular weight is 184 g/mol. The molecule has 0 bridgehead atoms. The topological polar surface area (TPSA) is 75.9 Å². The van der Waals surface area contributed by atoms with Crippen LogP contribution in [-0.4, -0.2) is 45.2 Å². The predicted octanol–water partition coefficient (Wildman–Crippen LogP) is -1.02. The summed E-state index contributed by atoms with van der Waals surface area (Å²) in [4.78, 5) is 12.6. The molecule has 7 nitrogen and oxygen atoms in total. The highest BCUT2D eigenvalue weighted by atomic mass is 16.2. The van der Waals surface area contributed by atoms with Gasteiger partial charge in [0.1, 0.15) is 0 Å². The molecule has 0 radical (unpaired) electrons. The largest absolute Gasteiger partial charge is 0.341 e. The fourth-order valence-electron chi connectivity index (χ4n) is 0.857. The number of urea groups is 1. The van der Waals surface area contributed by atoms with Crippen LogP contribution in [0.15, 0.2) is 0 Å². The molecule has 0 aliphatic heterocycles. The third-order valence-corrected chi connectivity index (χ3v) is 1.65. The quantitative estimate of drug-likeness (QED) is 0.638. The third kappa shape index (κ3) is 2.14. The van der Waals surface area contributed by atoms with Crippen LogP contribution in [0.25, 0.3) is 0 Å². The minimum atomic E-state index is -0.164. The molecular weight excluding hydrogens is 172 g/mol. The van der Waals surface area contributed by atoms with Crippen molar-refractivity contribution in [2.24, 2.45) is 7.05 Å². The molecule has 7 heteroatoms. The van der Waals surface area contributed by atoms with E-state index in [4.69, 9.17) is 0 Å². The molecule has 0 aromatic carbocycles. The molecular formula is C6H12N6O. The van der Waals surface area contributed by atoms with Gasteiger partial charge in [0, 0.05) is 21.1 Å². The second-order valence-electron chi connectivity index (χ2n) is 2.63. The third-order valence-electron chi connectivity index (χ3n) is 1.65. The first kappa shape index (κ1) is 9.43. The SMILES string of the molecule is CNC(=O)N(C)Cc1nnnn1C. The Labute approximate surface area is 75.7 Å². The summed E-state index contributed by atoms with van der Waals surface area (Å²) in [6.45, 7) is 0.392. The standard InChI is InChI=1S/C6H12N6O/c1-7-6(13)11(2)4-5-8-9-10-12(5)3/h4H2,1-3H3,(H,7,13). The van der Waals surface area contributed by atoms with Crippen molar-refractivity contribution in [3.63, 3.8) is 0 Å². The number of amides is 2. The van der Waals surface area contributed by atoms with E-state index in [9.17, 15) is 4.79 Å². The zero-order valence-corrected chi connectivity index (χ0v) is 7.85. The molecule has 1 N–H and O–H groups in total. The summed E-state index contributed by atoms with van der Waals surface area (Å²) in [5, 5.41) is 13.4. The number of rotatable bonds is 2. The number of nitrogens with one attached hydrogen (secondary N) is 1. The van der Waals surface area contributed by atoms with E-state index < -0.39 is 0 Å². The van der Waals surface area contributed by atoms with Crippen molar-refractivity contribution in [3.05, 3.63) is 5.82 Å². The first-order valence-corrected chi connectivity index (χ1v) is 3.79. The molecule has 0 saturated heterocycles. The lowest BCUT2D eigenvalue weighted by Gasteiger charge is -2.14. The minimum Gasteiger partial charge on any atom is -0.341 e. The van der Waals surface area contributed by atoms with Crippen LogP contribution in [0.5, 0.6) is 0 Å². The van der Waals surface area contributed by atoms with E-state index in [0.29, 0.717) is 12.4 Å². The van der Waals surface area contributed by atoms with Gasteiger partial charge in [0.2, 0.25) is 0 Å². The summed E-state index contributed by atoms with van der Waals surface area (Å²) in [6, 6.07) is -0.164. The van der Waals surface area contributed by atoms with Crippen molar-refractivity contribution >= 4 is 6.03 Å². The van der Waals surface area contributed by atoms with Crippen molar-refractivity contribution in [1.29, 1.82) is 0 Å². The van der Waals surface area contributed by atoms with E-state index in [1.807, 2.05) is 0 Å². The first-order chi connectivity index (χ1) is 6.15. The lowest BCUT2D eigenvalue weighted by atomic mass is 10.5. The number of carbonyl (C=O) groups excluding carboxylic acids is 1. The van der Waals surface area contributed by atoms with Gasteiger partial charge < -0.3 is 10.2 Å². The summed E-state index contributed by atoms with van der Waals surface area (Å²) in [6.07, 6.45) is 0. The number of carbonyl (C=O) groups is 1. The van der Waals surface area contributed by atoms with Gasteiger partial charge in [-0.15, -0.1) is 5.10 Å². The number of aryl methyl sites for hydroxylation is 1. The molecule has 0 saturated carbocycles. The van der Waals surface area contributed by atoms with Crippen molar-refractivity contribution in [2.75, 3.05) is 14.1 Å². The lowest BCUT2D eigenvalue weighted by Crippen LogP contribution is -2.35. The van der Waals surface area contributed by atoms with Gasteiger partial charge in [-0.2, -0.15) is 0 Å². The van der Waals surface area contributed by atoms with Crippen LogP contribution in [0.1, 0.15) is 5.82 Å². The van der Waals surface area contributed by atoms with Crippen molar-refractivity contribution in [1.82, 2.24) is 30.4 Å². The molecule has 0 unspecified atom stereocenters. The highest BCUT2D eigenvalue weighted by Gasteiger charge is 2.10. The van der Waals surface area contributed by atoms with Gasteiger partial charge in [-0.25, -0.2) is 9.48 Å². The summed E-state index contributed by atoms with van der Waals surface area (Å²) in [7, 11) is 4.98. The van der Waals surface area contributed by atoms with Gasteiger partial charge in [-0.3, -0.25) is 0 Å². The van der Waals surface area contributed by atoms with Crippen molar-refractivity contribution in [3.8, 4) is 0 Å². The van der Waals surface area contributed by atoms with E-state index >= 15 is 0 Å². The van der Waals surface area contributed by atoms with Gasteiger partial charge in [-0.1, -0.05) is 0 Å². The maximum Gasteiger partial charge on any atom is 0.317 e. The Hall–Kier alpha value is -1.66. The summed E-state index contributed by atoms with van der Waals surface area (Å²) >= 11 is 0. The average Bonchev–Trinajstić information content (AvgIpc) is 2.50. The molecule has 0 atom stereocenters. The molecule has 72 valence electrons. The number of hydrogen-bond acceptors (Lipinski definition) is 4. The highest BCUT2D eigenvalue weighted by Crippen LogP contribution is 1.95. The molecule has 1 rings (SSSR count). The molecule has 1 heterocycles. The number of hydrogen-bond donors (Lipinski definition) is 1. The Morgan fingerprint density at radius 1 is 1.69 bits per heavy atom. The highest BCUT2D eigenvalue weighted by molar-refractivity contribution is 5.73. The molecule has 0 spiro atoms. The number of tetrazole rings is 1. The maximum atomic E-state index is 11.1. The van der Waals surface area contributed by atoms with Gasteiger partial charge in [0.25, 0.3) is 0 Å². The fraction of sp³-hybridized carbons (Fsp3) is 0.667. The van der Waals surface area contributed by atoms with Crippen LogP contribution in [0.2, 0.25) is 0 Å². The second kappa shape index (κ2) is 3.83. The van der Waals surface area contributed by atoms with Crippen LogP contribution in [-0.2, 0) is 13.6 Å². The number of nitrogens with zero attached hydrogens (tertiary/aromatic N) is 5. The van der Waals surface area contributed by atoms with Gasteiger partial charge in [-0.05, 0) is 10.4 Å². The lowest BCUT2D eigenvalue weighted by molar-refractivity contribution is 0.207. The molecule has 1 aromatic heterocycles. The smallest absolute Gasteiger partial charge is 0.317 e. The van der Waals surface area contributed by atoms with Gasteiger partial charge in [0.15, 0.2) is 5.82 Å². The van der Waals surface area contributed by atoms with Crippen molar-refractivity contribution in [2.45, 2.75) is 6.54 Å². The molecule has 0 fully saturated rings. The van der Waals surface area contributed by atoms with Crippen molar-refractivity contribution < 1.29 is 4.79 Å². The maximum absolute atomic E-state index is 11.1. The van der Waals surface area contributed by atoms with E-state index in [0.717, 1.165) is 0 Å². The summed E-state index contributed by atoms with van der Waals surface area (Å²) < 4.78 is 1.53. The van der Waals surface area contributed by atoms with Gasteiger partial charge in [0.05, 0.1) is 6.54 Å². The molecule has 13 heavy (non-hydrogen) atoms. The van der Waals surface area contributed by atoms with Crippen LogP contribution < -0.4 is 5.32 Å². The Bertz CT molecular complexity index is 295. The summed E-state index contributed by atoms with van der Waals surface area (Å²) in [5.41, 5.74) is 0. The van der Waals surface area contributed by atoms with E-state index in [1.165, 1.54) is 9.58 Å².